The van der Waals surface area contributed by atoms with E-state index < -0.39 is 5.60 Å². The van der Waals surface area contributed by atoms with Gasteiger partial charge in [0.2, 0.25) is 5.78 Å². The van der Waals surface area contributed by atoms with Crippen molar-refractivity contribution in [1.29, 1.82) is 0 Å². The van der Waals surface area contributed by atoms with E-state index in [1.54, 1.807) is 26.3 Å². The molecule has 3 aromatic rings. The van der Waals surface area contributed by atoms with Crippen LogP contribution >= 0.6 is 0 Å². The Kier molecular flexibility index (Phi) is 6.11. The monoisotopic (exact) mass is 407 g/mol. The average Bonchev–Trinajstić information content (AvgIpc) is 3.16. The second kappa shape index (κ2) is 8.93. The number of imidazole rings is 1. The molecule has 1 saturated heterocycles. The highest BCUT2D eigenvalue weighted by molar-refractivity contribution is 5.79. The molecule has 30 heavy (non-hydrogen) atoms. The molecule has 0 atom stereocenters. The van der Waals surface area contributed by atoms with E-state index in [9.17, 15) is 5.11 Å². The van der Waals surface area contributed by atoms with Crippen LogP contribution in [0, 0.1) is 0 Å². The maximum absolute atomic E-state index is 9.61. The van der Waals surface area contributed by atoms with Gasteiger partial charge in [-0.1, -0.05) is 29.4 Å². The number of benzene rings is 1. The molecular formula is C23H29N5O2. The Labute approximate surface area is 177 Å². The van der Waals surface area contributed by atoms with Crippen molar-refractivity contribution in [1.82, 2.24) is 19.3 Å². The third kappa shape index (κ3) is 5.23. The molecule has 0 amide bonds. The van der Waals surface area contributed by atoms with Crippen molar-refractivity contribution in [2.75, 3.05) is 19.7 Å². The molecule has 0 spiro atoms. The number of aliphatic hydroxyl groups is 1. The third-order valence-corrected chi connectivity index (χ3v) is 5.40. The maximum atomic E-state index is 9.61. The largest absolute Gasteiger partial charge is 0.393 e. The summed E-state index contributed by atoms with van der Waals surface area (Å²) >= 11 is 0. The zero-order chi connectivity index (χ0) is 21.0. The Balaban J connectivity index is 1.27. The maximum Gasteiger partial charge on any atom is 0.233 e. The first-order valence-corrected chi connectivity index (χ1v) is 10.4. The molecule has 7 nitrogen and oxygen atoms in total. The molecule has 0 aliphatic carbocycles. The van der Waals surface area contributed by atoms with Crippen LogP contribution in [0.5, 0.6) is 0 Å². The van der Waals surface area contributed by atoms with Crippen LogP contribution in [0.3, 0.4) is 0 Å². The van der Waals surface area contributed by atoms with E-state index in [2.05, 4.69) is 42.8 Å². The molecule has 0 saturated carbocycles. The molecule has 0 radical (unpaired) electrons. The molecule has 158 valence electrons. The second-order valence-electron chi connectivity index (χ2n) is 8.59. The smallest absolute Gasteiger partial charge is 0.233 e. The highest BCUT2D eigenvalue weighted by Crippen LogP contribution is 2.28. The van der Waals surface area contributed by atoms with Crippen LogP contribution in [0.15, 0.2) is 54.1 Å². The lowest BCUT2D eigenvalue weighted by molar-refractivity contribution is -0.0185. The summed E-state index contributed by atoms with van der Waals surface area (Å²) in [6, 6.07) is 10.3. The standard InChI is InChI=1S/C23H29N5O2/c1-23(2,29)17-30-26-14-18-4-6-19(7-5-18)16-27-12-8-20(9-13-27)21-15-25-22-24-10-3-11-28(21)22/h3-7,10-11,14-15,20,29H,8-9,12-13,16-17H2,1-2H3/b26-14+. The van der Waals surface area contributed by atoms with Gasteiger partial charge in [0.05, 0.1) is 18.0 Å². The number of hydrogen-bond donors (Lipinski definition) is 1. The fourth-order valence-corrected chi connectivity index (χ4v) is 3.80. The van der Waals surface area contributed by atoms with Gasteiger partial charge in [-0.2, -0.15) is 0 Å². The number of likely N-dealkylation sites (tertiary alicyclic amines) is 1. The number of nitrogens with zero attached hydrogens (tertiary/aromatic N) is 5. The lowest BCUT2D eigenvalue weighted by atomic mass is 9.93. The van der Waals surface area contributed by atoms with E-state index in [1.807, 2.05) is 24.4 Å². The Morgan fingerprint density at radius 3 is 2.70 bits per heavy atom. The molecule has 0 bridgehead atoms. The van der Waals surface area contributed by atoms with Gasteiger partial charge in [-0.05, 0) is 57.0 Å². The van der Waals surface area contributed by atoms with Gasteiger partial charge < -0.3 is 9.94 Å². The van der Waals surface area contributed by atoms with Crippen LogP contribution in [0.25, 0.3) is 5.78 Å². The Morgan fingerprint density at radius 2 is 1.97 bits per heavy atom. The van der Waals surface area contributed by atoms with Gasteiger partial charge in [0.1, 0.15) is 6.61 Å². The van der Waals surface area contributed by atoms with Crippen molar-refractivity contribution in [3.8, 4) is 0 Å². The van der Waals surface area contributed by atoms with Gasteiger partial charge in [-0.25, -0.2) is 9.97 Å². The molecule has 1 aliphatic rings. The lowest BCUT2D eigenvalue weighted by Gasteiger charge is -2.31. The number of rotatable bonds is 7. The molecule has 1 aliphatic heterocycles. The van der Waals surface area contributed by atoms with Gasteiger partial charge in [-0.15, -0.1) is 0 Å². The zero-order valence-electron chi connectivity index (χ0n) is 17.6. The summed E-state index contributed by atoms with van der Waals surface area (Å²) in [4.78, 5) is 16.4. The second-order valence-corrected chi connectivity index (χ2v) is 8.59. The van der Waals surface area contributed by atoms with Crippen molar-refractivity contribution in [2.45, 2.75) is 44.8 Å². The minimum atomic E-state index is -0.878. The number of oxime groups is 1. The number of hydrogen-bond acceptors (Lipinski definition) is 6. The minimum absolute atomic E-state index is 0.170. The summed E-state index contributed by atoms with van der Waals surface area (Å²) in [5.74, 6) is 1.31. The van der Waals surface area contributed by atoms with Gasteiger partial charge in [0, 0.05) is 30.6 Å². The van der Waals surface area contributed by atoms with E-state index in [-0.39, 0.29) is 6.61 Å². The van der Waals surface area contributed by atoms with Gasteiger partial charge in [-0.3, -0.25) is 9.30 Å². The SMILES string of the molecule is CC(C)(O)CO/N=C/c1ccc(CN2CCC(c3cnc4ncccn34)CC2)cc1. The fourth-order valence-electron chi connectivity index (χ4n) is 3.80. The minimum Gasteiger partial charge on any atom is -0.393 e. The fraction of sp³-hybridized carbons (Fsp3) is 0.435. The molecule has 1 aromatic carbocycles. The van der Waals surface area contributed by atoms with Gasteiger partial charge in [0.25, 0.3) is 0 Å². The lowest BCUT2D eigenvalue weighted by Crippen LogP contribution is -2.32. The summed E-state index contributed by atoms with van der Waals surface area (Å²) in [5, 5.41) is 13.5. The first-order chi connectivity index (χ1) is 14.5. The van der Waals surface area contributed by atoms with Crippen LogP contribution in [-0.2, 0) is 11.4 Å². The Hall–Kier alpha value is -2.77. The number of fused-ring (bicyclic) bond motifs is 1. The summed E-state index contributed by atoms with van der Waals surface area (Å²) in [7, 11) is 0. The van der Waals surface area contributed by atoms with Crippen LogP contribution in [-0.4, -0.2) is 55.9 Å². The normalized spacial score (nSPS) is 16.5. The topological polar surface area (TPSA) is 75.2 Å². The van der Waals surface area contributed by atoms with Crippen LogP contribution in [0.2, 0.25) is 0 Å². The quantitative estimate of drug-likeness (QED) is 0.481. The van der Waals surface area contributed by atoms with Crippen molar-refractivity contribution in [3.05, 3.63) is 65.7 Å². The van der Waals surface area contributed by atoms with Crippen molar-refractivity contribution in [3.63, 3.8) is 0 Å². The van der Waals surface area contributed by atoms with Crippen molar-refractivity contribution in [2.24, 2.45) is 5.16 Å². The van der Waals surface area contributed by atoms with E-state index in [0.29, 0.717) is 5.92 Å². The predicted molar refractivity (Wildman–Crippen MR) is 117 cm³/mol. The molecular weight excluding hydrogens is 378 g/mol. The van der Waals surface area contributed by atoms with Crippen LogP contribution in [0.4, 0.5) is 0 Å². The number of piperidine rings is 1. The van der Waals surface area contributed by atoms with Gasteiger partial charge in [0.15, 0.2) is 0 Å². The highest BCUT2D eigenvalue weighted by Gasteiger charge is 2.23. The predicted octanol–water partition coefficient (Wildman–Crippen LogP) is 3.23. The van der Waals surface area contributed by atoms with E-state index >= 15 is 0 Å². The molecule has 3 heterocycles. The summed E-state index contributed by atoms with van der Waals surface area (Å²) in [6.07, 6.45) is 9.75. The highest BCUT2D eigenvalue weighted by atomic mass is 16.6. The average molecular weight is 408 g/mol. The molecule has 0 unspecified atom stereocenters. The van der Waals surface area contributed by atoms with Crippen molar-refractivity contribution < 1.29 is 9.94 Å². The molecule has 1 fully saturated rings. The summed E-state index contributed by atoms with van der Waals surface area (Å²) in [6.45, 7) is 6.65. The molecule has 7 heteroatoms. The zero-order valence-corrected chi connectivity index (χ0v) is 17.6. The molecule has 2 aromatic heterocycles. The Morgan fingerprint density at radius 1 is 1.20 bits per heavy atom. The molecule has 4 rings (SSSR count). The third-order valence-electron chi connectivity index (χ3n) is 5.40. The molecule has 1 N–H and O–H groups in total. The first kappa shape index (κ1) is 20.5. The summed E-state index contributed by atoms with van der Waals surface area (Å²) in [5.41, 5.74) is 2.67. The Bertz CT molecular complexity index is 983. The summed E-state index contributed by atoms with van der Waals surface area (Å²) < 4.78 is 2.12. The number of aromatic nitrogens is 3. The van der Waals surface area contributed by atoms with Gasteiger partial charge >= 0.3 is 0 Å². The van der Waals surface area contributed by atoms with E-state index in [0.717, 1.165) is 43.8 Å². The van der Waals surface area contributed by atoms with Crippen LogP contribution < -0.4 is 0 Å². The van der Waals surface area contributed by atoms with Crippen LogP contribution in [0.1, 0.15) is 49.4 Å². The first-order valence-electron chi connectivity index (χ1n) is 10.4. The van der Waals surface area contributed by atoms with E-state index in [4.69, 9.17) is 4.84 Å². The van der Waals surface area contributed by atoms with Crippen molar-refractivity contribution >= 4 is 12.0 Å². The van der Waals surface area contributed by atoms with E-state index in [1.165, 1.54) is 11.3 Å².